The van der Waals surface area contributed by atoms with E-state index in [9.17, 15) is 43.9 Å². The van der Waals surface area contributed by atoms with Gasteiger partial charge < -0.3 is 40.1 Å². The number of hydrogen-bond acceptors (Lipinski definition) is 11. The fourth-order valence-electron chi connectivity index (χ4n) is 6.73. The number of hydrogen-bond donors (Lipinski definition) is 6. The molecule has 0 aliphatic heterocycles. The summed E-state index contributed by atoms with van der Waals surface area (Å²) in [6.45, 7) is 4.91. The van der Waals surface area contributed by atoms with Gasteiger partial charge in [0.15, 0.2) is 5.75 Å². The Morgan fingerprint density at radius 2 is 0.877 bits per heavy atom. The second-order valence-electron chi connectivity index (χ2n) is 15.9. The van der Waals surface area contributed by atoms with Gasteiger partial charge in [0, 0.05) is 30.7 Å². The lowest BCUT2D eigenvalue weighted by molar-refractivity contribution is -0.134. The summed E-state index contributed by atoms with van der Waals surface area (Å²) in [5, 5.41) is 58.5. The van der Waals surface area contributed by atoms with Gasteiger partial charge >= 0.3 is 5.97 Å². The van der Waals surface area contributed by atoms with E-state index in [0.717, 1.165) is 63.5 Å². The van der Waals surface area contributed by atoms with Crippen molar-refractivity contribution in [1.29, 1.82) is 0 Å². The minimum Gasteiger partial charge on any atom is -0.508 e. The molecule has 0 saturated carbocycles. The maximum absolute atomic E-state index is 13.0. The highest BCUT2D eigenvalue weighted by Gasteiger charge is 2.20. The number of phenols is 6. The number of carbonyl (C=O) groups excluding carboxylic acids is 1. The Labute approximate surface area is 390 Å². The van der Waals surface area contributed by atoms with Gasteiger partial charge in [-0.1, -0.05) is 115 Å². The van der Waals surface area contributed by atoms with Crippen LogP contribution in [0.3, 0.4) is 0 Å². The van der Waals surface area contributed by atoms with Gasteiger partial charge in [-0.2, -0.15) is 0 Å². The highest BCUT2D eigenvalue weighted by molar-refractivity contribution is 7.85. The van der Waals surface area contributed by atoms with Crippen LogP contribution >= 0.6 is 0 Å². The summed E-state index contributed by atoms with van der Waals surface area (Å²) >= 11 is 0. The Morgan fingerprint density at radius 1 is 0.477 bits per heavy atom. The van der Waals surface area contributed by atoms with E-state index in [0.29, 0.717) is 23.7 Å². The third-order valence-corrected chi connectivity index (χ3v) is 13.3. The summed E-state index contributed by atoms with van der Waals surface area (Å²) < 4.78 is 37.1. The van der Waals surface area contributed by atoms with Crippen LogP contribution in [-0.4, -0.2) is 51.6 Å². The highest BCUT2D eigenvalue weighted by Crippen LogP contribution is 2.36. The second-order valence-corrected chi connectivity index (χ2v) is 18.7. The Morgan fingerprint density at radius 3 is 1.40 bits per heavy atom. The summed E-state index contributed by atoms with van der Waals surface area (Å²) in [5.74, 6) is -1.09. The predicted molar refractivity (Wildman–Crippen MR) is 258 cm³/mol. The molecule has 2 atom stereocenters. The maximum atomic E-state index is 13.0. The monoisotopic (exact) mass is 934 g/mol. The zero-order valence-electron chi connectivity index (χ0n) is 38.1. The molecule has 4 rings (SSSR count). The molecule has 2 unspecified atom stereocenters. The van der Waals surface area contributed by atoms with E-state index in [4.69, 9.17) is 9.47 Å². The Kier molecular flexibility index (Phi) is 26.3. The molecule has 6 N–H and O–H groups in total. The van der Waals surface area contributed by atoms with Crippen LogP contribution in [0.2, 0.25) is 0 Å². The van der Waals surface area contributed by atoms with Crippen molar-refractivity contribution < 1.29 is 53.3 Å². The molecule has 65 heavy (non-hydrogen) atoms. The number of benzene rings is 4. The van der Waals surface area contributed by atoms with Gasteiger partial charge in [0.05, 0.1) is 47.8 Å². The molecule has 0 aromatic heterocycles. The van der Waals surface area contributed by atoms with E-state index in [1.807, 2.05) is 0 Å². The number of unbranched alkanes of at least 4 members (excludes halogenated alkanes) is 15. The Hall–Kier alpha value is -5.27. The number of carbonyl (C=O) groups is 1. The first-order chi connectivity index (χ1) is 31.4. The van der Waals surface area contributed by atoms with E-state index in [1.165, 1.54) is 125 Å². The normalized spacial score (nSPS) is 12.2. The van der Waals surface area contributed by atoms with Crippen LogP contribution in [0.5, 0.6) is 46.0 Å². The molecule has 13 heteroatoms. The van der Waals surface area contributed by atoms with E-state index in [1.54, 1.807) is 0 Å². The zero-order valence-corrected chi connectivity index (χ0v) is 39.8. The van der Waals surface area contributed by atoms with E-state index >= 15 is 0 Å². The lowest BCUT2D eigenvalue weighted by Gasteiger charge is -2.13. The number of allylic oxidation sites excluding steroid dienone is 4. The molecule has 0 heterocycles. The summed E-state index contributed by atoms with van der Waals surface area (Å²) in [6.07, 6.45) is 30.7. The van der Waals surface area contributed by atoms with Gasteiger partial charge in [0.2, 0.25) is 0 Å². The third-order valence-electron chi connectivity index (χ3n) is 10.3. The average Bonchev–Trinajstić information content (AvgIpc) is 3.27. The first-order valence-corrected chi connectivity index (χ1v) is 25.4. The SMILES string of the molecule is CCCCCC=CCC=CCCCCCCCC(=O)Oc1cc(O)ccc1S(=O)c1ccc(O)cc1O.CCCCCCCCCCOc1cc(O)ccc1S(=O)c1ccc(O)cc1O. The van der Waals surface area contributed by atoms with Crippen molar-refractivity contribution in [3.63, 3.8) is 0 Å². The van der Waals surface area contributed by atoms with Crippen molar-refractivity contribution in [2.75, 3.05) is 6.61 Å². The predicted octanol–water partition coefficient (Wildman–Crippen LogP) is 13.2. The van der Waals surface area contributed by atoms with E-state index < -0.39 is 27.6 Å². The summed E-state index contributed by atoms with van der Waals surface area (Å²) in [5.41, 5.74) is 0. The van der Waals surface area contributed by atoms with Crippen molar-refractivity contribution in [3.8, 4) is 46.0 Å². The molecule has 0 radical (unpaired) electrons. The largest absolute Gasteiger partial charge is 0.508 e. The molecule has 4 aromatic carbocycles. The molecular weight excluding hydrogens is 865 g/mol. The minimum atomic E-state index is -1.88. The van der Waals surface area contributed by atoms with Crippen molar-refractivity contribution >= 4 is 27.6 Å². The number of phenolic OH excluding ortho intramolecular Hbond substituents is 6. The van der Waals surface area contributed by atoms with Crippen LogP contribution in [0, 0.1) is 0 Å². The molecule has 0 amide bonds. The third kappa shape index (κ3) is 21.1. The highest BCUT2D eigenvalue weighted by atomic mass is 32.2. The van der Waals surface area contributed by atoms with Gasteiger partial charge in [-0.25, -0.2) is 8.42 Å². The standard InChI is InChI=1S/C30H40O6S.C22H30O5S/c1-2-3-4-5-6-7-8-9-10-11-12-13-14-15-16-17-30(34)36-27-23-25(32)19-21-29(27)37(35)28-20-18-24(31)22-26(28)33;1-2-3-4-5-6-7-8-9-14-27-20-16-18(24)11-13-22(20)28(26)21-12-10-17(23)15-19(21)25/h6-7,9-10,18-23,31-33H,2-5,8,11-17H2,1H3;10-13,15-16,23-25H,2-9,14H2,1H3. The van der Waals surface area contributed by atoms with Gasteiger partial charge in [0.1, 0.15) is 40.2 Å². The molecule has 0 saturated heterocycles. The smallest absolute Gasteiger partial charge is 0.311 e. The van der Waals surface area contributed by atoms with Crippen LogP contribution in [0.15, 0.2) is 117 Å². The van der Waals surface area contributed by atoms with Gasteiger partial charge in [-0.15, -0.1) is 0 Å². The first kappa shape index (κ1) is 54.1. The number of aromatic hydroxyl groups is 6. The van der Waals surface area contributed by atoms with Crippen molar-refractivity contribution in [2.24, 2.45) is 0 Å². The zero-order chi connectivity index (χ0) is 47.2. The Bertz CT molecular complexity index is 2130. The number of rotatable bonds is 29. The lowest BCUT2D eigenvalue weighted by atomic mass is 10.1. The number of ether oxygens (including phenoxy) is 2. The fourth-order valence-corrected chi connectivity index (χ4v) is 9.05. The topological polar surface area (TPSA) is 191 Å². The van der Waals surface area contributed by atoms with Gasteiger partial charge in [-0.3, -0.25) is 4.79 Å². The molecular formula is C52H70O11S2. The molecule has 356 valence electrons. The van der Waals surface area contributed by atoms with Crippen molar-refractivity contribution in [1.82, 2.24) is 0 Å². The van der Waals surface area contributed by atoms with Crippen molar-refractivity contribution in [3.05, 3.63) is 97.1 Å². The summed E-state index contributed by atoms with van der Waals surface area (Å²) in [6, 6.07) is 16.0. The maximum Gasteiger partial charge on any atom is 0.311 e. The molecule has 0 spiro atoms. The first-order valence-electron chi connectivity index (χ1n) is 23.1. The Balaban J connectivity index is 0.000000359. The summed E-state index contributed by atoms with van der Waals surface area (Å²) in [7, 11) is -3.58. The molecule has 0 fully saturated rings. The van der Waals surface area contributed by atoms with Crippen LogP contribution in [0.1, 0.15) is 142 Å². The molecule has 0 bridgehead atoms. The quantitative estimate of drug-likeness (QED) is 0.0131. The van der Waals surface area contributed by atoms with Crippen LogP contribution in [-0.2, 0) is 26.4 Å². The fraction of sp³-hybridized carbons (Fsp3) is 0.442. The average molecular weight is 935 g/mol. The van der Waals surface area contributed by atoms with Crippen LogP contribution in [0.25, 0.3) is 0 Å². The molecule has 0 aliphatic carbocycles. The summed E-state index contributed by atoms with van der Waals surface area (Å²) in [4.78, 5) is 13.1. The van der Waals surface area contributed by atoms with Crippen molar-refractivity contribution in [2.45, 2.75) is 162 Å². The minimum absolute atomic E-state index is 0.0154. The lowest BCUT2D eigenvalue weighted by Crippen LogP contribution is -2.09. The van der Waals surface area contributed by atoms with E-state index in [-0.39, 0.29) is 61.4 Å². The second kappa shape index (κ2) is 31.6. The van der Waals surface area contributed by atoms with Crippen LogP contribution in [0.4, 0.5) is 0 Å². The molecule has 11 nitrogen and oxygen atoms in total. The molecule has 0 aliphatic rings. The van der Waals surface area contributed by atoms with Crippen LogP contribution < -0.4 is 9.47 Å². The van der Waals surface area contributed by atoms with Gasteiger partial charge in [0.25, 0.3) is 0 Å². The molecule has 4 aromatic rings. The number of esters is 1. The van der Waals surface area contributed by atoms with Gasteiger partial charge in [-0.05, 0) is 93.5 Å². The van der Waals surface area contributed by atoms with E-state index in [2.05, 4.69) is 38.2 Å².